The topological polar surface area (TPSA) is 54.0 Å². The third kappa shape index (κ3) is 5.21. The maximum atomic E-state index is 11.5. The van der Waals surface area contributed by atoms with E-state index in [-0.39, 0.29) is 11.3 Å². The van der Waals surface area contributed by atoms with Gasteiger partial charge in [-0.2, -0.15) is 0 Å². The van der Waals surface area contributed by atoms with Crippen LogP contribution in [0.4, 0.5) is 0 Å². The summed E-state index contributed by atoms with van der Waals surface area (Å²) in [6.07, 6.45) is 3.82. The highest BCUT2D eigenvalue weighted by atomic mass is 32.1. The van der Waals surface area contributed by atoms with Gasteiger partial charge in [0.05, 0.1) is 5.69 Å². The highest BCUT2D eigenvalue weighted by Gasteiger charge is 2.22. The maximum Gasteiger partial charge on any atom is 0.220 e. The van der Waals surface area contributed by atoms with Gasteiger partial charge in [0.15, 0.2) is 0 Å². The van der Waals surface area contributed by atoms with Gasteiger partial charge in [0.1, 0.15) is 5.01 Å². The molecule has 0 unspecified atom stereocenters. The Morgan fingerprint density at radius 3 is 2.80 bits per heavy atom. The van der Waals surface area contributed by atoms with Crippen LogP contribution < -0.4 is 10.6 Å². The van der Waals surface area contributed by atoms with Gasteiger partial charge in [0, 0.05) is 29.8 Å². The van der Waals surface area contributed by atoms with Crippen LogP contribution in [0, 0.1) is 0 Å². The predicted octanol–water partition coefficient (Wildman–Crippen LogP) is 2.59. The van der Waals surface area contributed by atoms with E-state index < -0.39 is 0 Å². The summed E-state index contributed by atoms with van der Waals surface area (Å²) in [5.74, 6) is 0.193. The molecule has 1 aromatic rings. The number of hydrogen-bond donors (Lipinski definition) is 2. The number of carbonyl (C=O) groups is 1. The van der Waals surface area contributed by atoms with Crippen LogP contribution >= 0.6 is 11.3 Å². The molecule has 1 heterocycles. The summed E-state index contributed by atoms with van der Waals surface area (Å²) in [4.78, 5) is 16.1. The molecule has 1 amide bonds. The first kappa shape index (κ1) is 15.4. The Labute approximate surface area is 125 Å². The predicted molar refractivity (Wildman–Crippen MR) is 82.9 cm³/mol. The maximum absolute atomic E-state index is 11.5. The second-order valence-electron chi connectivity index (χ2n) is 6.50. The summed E-state index contributed by atoms with van der Waals surface area (Å²) < 4.78 is 0. The van der Waals surface area contributed by atoms with Gasteiger partial charge in [0.25, 0.3) is 0 Å². The van der Waals surface area contributed by atoms with Crippen molar-refractivity contribution in [3.8, 4) is 0 Å². The zero-order chi connectivity index (χ0) is 14.6. The van der Waals surface area contributed by atoms with E-state index in [0.29, 0.717) is 12.5 Å². The number of nitrogens with zero attached hydrogens (tertiary/aromatic N) is 1. The van der Waals surface area contributed by atoms with Gasteiger partial charge in [-0.25, -0.2) is 4.98 Å². The Balaban J connectivity index is 1.58. The van der Waals surface area contributed by atoms with Crippen molar-refractivity contribution in [2.75, 3.05) is 6.54 Å². The van der Waals surface area contributed by atoms with Crippen molar-refractivity contribution in [3.63, 3.8) is 0 Å². The minimum absolute atomic E-state index is 0.121. The molecule has 2 rings (SSSR count). The fourth-order valence-corrected chi connectivity index (χ4v) is 2.82. The Hall–Kier alpha value is -0.940. The van der Waals surface area contributed by atoms with Crippen molar-refractivity contribution in [3.05, 3.63) is 16.1 Å². The van der Waals surface area contributed by atoms with E-state index in [4.69, 9.17) is 0 Å². The second kappa shape index (κ2) is 6.68. The lowest BCUT2D eigenvalue weighted by Gasteiger charge is -2.14. The molecule has 1 aliphatic rings. The van der Waals surface area contributed by atoms with Gasteiger partial charge in [-0.05, 0) is 25.8 Å². The molecule has 0 spiro atoms. The zero-order valence-electron chi connectivity index (χ0n) is 12.7. The van der Waals surface area contributed by atoms with Crippen LogP contribution in [0.15, 0.2) is 5.38 Å². The lowest BCUT2D eigenvalue weighted by atomic mass is 9.93. The highest BCUT2D eigenvalue weighted by molar-refractivity contribution is 7.09. The van der Waals surface area contributed by atoms with Crippen molar-refractivity contribution >= 4 is 17.2 Å². The minimum atomic E-state index is 0.121. The molecule has 20 heavy (non-hydrogen) atoms. The highest BCUT2D eigenvalue weighted by Crippen LogP contribution is 2.23. The number of thiazole rings is 1. The van der Waals surface area contributed by atoms with E-state index in [1.54, 1.807) is 11.3 Å². The van der Waals surface area contributed by atoms with Crippen LogP contribution in [0.1, 0.15) is 57.2 Å². The standard InChI is InChI=1S/C15H25N3OS/c1-15(2,3)12-10-20-14(18-12)9-16-8-4-5-13(19)17-11-6-7-11/h10-11,16H,4-9H2,1-3H3,(H,17,19). The zero-order valence-corrected chi connectivity index (χ0v) is 13.5. The summed E-state index contributed by atoms with van der Waals surface area (Å²) >= 11 is 1.70. The summed E-state index contributed by atoms with van der Waals surface area (Å²) in [5, 5.41) is 9.63. The van der Waals surface area contributed by atoms with Gasteiger partial charge in [-0.1, -0.05) is 20.8 Å². The quantitative estimate of drug-likeness (QED) is 0.760. The smallest absolute Gasteiger partial charge is 0.220 e. The van der Waals surface area contributed by atoms with Crippen LogP contribution in [-0.4, -0.2) is 23.5 Å². The summed E-state index contributed by atoms with van der Waals surface area (Å²) in [6, 6.07) is 0.474. The molecule has 1 fully saturated rings. The van der Waals surface area contributed by atoms with Gasteiger partial charge in [-0.3, -0.25) is 4.79 Å². The van der Waals surface area contributed by atoms with Crippen LogP contribution in [-0.2, 0) is 16.8 Å². The molecule has 2 N–H and O–H groups in total. The lowest BCUT2D eigenvalue weighted by Crippen LogP contribution is -2.26. The van der Waals surface area contributed by atoms with Crippen LogP contribution in [0.5, 0.6) is 0 Å². The summed E-state index contributed by atoms with van der Waals surface area (Å²) in [7, 11) is 0. The van der Waals surface area contributed by atoms with Crippen LogP contribution in [0.2, 0.25) is 0 Å². The van der Waals surface area contributed by atoms with E-state index in [1.165, 1.54) is 0 Å². The molecule has 1 saturated carbocycles. The van der Waals surface area contributed by atoms with Crippen molar-refractivity contribution in [1.82, 2.24) is 15.6 Å². The van der Waals surface area contributed by atoms with Gasteiger partial charge in [0.2, 0.25) is 5.91 Å². The van der Waals surface area contributed by atoms with E-state index in [2.05, 4.69) is 41.8 Å². The number of rotatable bonds is 7. The lowest BCUT2D eigenvalue weighted by molar-refractivity contribution is -0.121. The van der Waals surface area contributed by atoms with Crippen molar-refractivity contribution in [2.24, 2.45) is 0 Å². The minimum Gasteiger partial charge on any atom is -0.353 e. The van der Waals surface area contributed by atoms with Gasteiger partial charge >= 0.3 is 0 Å². The molecule has 0 bridgehead atoms. The third-order valence-corrected chi connectivity index (χ3v) is 4.15. The normalized spacial score (nSPS) is 15.3. The molecule has 0 radical (unpaired) electrons. The molecule has 0 aliphatic heterocycles. The van der Waals surface area contributed by atoms with Crippen molar-refractivity contribution in [1.29, 1.82) is 0 Å². The van der Waals surface area contributed by atoms with Crippen LogP contribution in [0.25, 0.3) is 0 Å². The Bertz CT molecular complexity index is 446. The fourth-order valence-electron chi connectivity index (χ4n) is 1.83. The first-order valence-electron chi connectivity index (χ1n) is 7.40. The number of carbonyl (C=O) groups excluding carboxylic acids is 1. The molecule has 5 heteroatoms. The summed E-state index contributed by atoms with van der Waals surface area (Å²) in [6.45, 7) is 8.20. The molecule has 1 aromatic heterocycles. The number of aromatic nitrogens is 1. The monoisotopic (exact) mass is 295 g/mol. The average molecular weight is 295 g/mol. The molecule has 0 aromatic carbocycles. The average Bonchev–Trinajstić information content (AvgIpc) is 3.02. The van der Waals surface area contributed by atoms with Crippen molar-refractivity contribution < 1.29 is 4.79 Å². The van der Waals surface area contributed by atoms with Crippen molar-refractivity contribution in [2.45, 2.75) is 64.5 Å². The van der Waals surface area contributed by atoms with Gasteiger partial charge < -0.3 is 10.6 Å². The number of hydrogen-bond acceptors (Lipinski definition) is 4. The van der Waals surface area contributed by atoms with Crippen LogP contribution in [0.3, 0.4) is 0 Å². The van der Waals surface area contributed by atoms with E-state index >= 15 is 0 Å². The first-order chi connectivity index (χ1) is 9.45. The van der Waals surface area contributed by atoms with E-state index in [0.717, 1.165) is 43.1 Å². The molecule has 112 valence electrons. The summed E-state index contributed by atoms with van der Waals surface area (Å²) in [5.41, 5.74) is 1.28. The molecule has 0 saturated heterocycles. The van der Waals surface area contributed by atoms with E-state index in [1.807, 2.05) is 0 Å². The Morgan fingerprint density at radius 1 is 1.45 bits per heavy atom. The SMILES string of the molecule is CC(C)(C)c1csc(CNCCCC(=O)NC2CC2)n1. The van der Waals surface area contributed by atoms with Gasteiger partial charge in [-0.15, -0.1) is 11.3 Å². The molecule has 4 nitrogen and oxygen atoms in total. The Morgan fingerprint density at radius 2 is 2.20 bits per heavy atom. The molecular formula is C15H25N3OS. The Kier molecular flexibility index (Phi) is 5.16. The molecule has 0 atom stereocenters. The van der Waals surface area contributed by atoms with E-state index in [9.17, 15) is 4.79 Å². The molecule has 1 aliphatic carbocycles. The largest absolute Gasteiger partial charge is 0.353 e. The number of amides is 1. The number of nitrogens with one attached hydrogen (secondary N) is 2. The first-order valence-corrected chi connectivity index (χ1v) is 8.28. The second-order valence-corrected chi connectivity index (χ2v) is 7.44. The fraction of sp³-hybridized carbons (Fsp3) is 0.733. The molecular weight excluding hydrogens is 270 g/mol. The third-order valence-electron chi connectivity index (χ3n) is 3.30.